The molecular weight excluding hydrogens is 220 g/mol. The Morgan fingerprint density at radius 3 is 2.44 bits per heavy atom. The van der Waals surface area contributed by atoms with Crippen LogP contribution >= 0.6 is 0 Å². The molecule has 0 saturated heterocycles. The van der Waals surface area contributed by atoms with E-state index in [2.05, 4.69) is 41.0 Å². The van der Waals surface area contributed by atoms with Crippen LogP contribution in [0.1, 0.15) is 11.1 Å². The Balaban J connectivity index is 2.10. The van der Waals surface area contributed by atoms with E-state index in [-0.39, 0.29) is 0 Å². The Kier molecular flexibility index (Phi) is 2.69. The molecule has 0 aliphatic heterocycles. The van der Waals surface area contributed by atoms with Gasteiger partial charge in [0.2, 0.25) is 0 Å². The van der Waals surface area contributed by atoms with Gasteiger partial charge in [0.1, 0.15) is 0 Å². The molecule has 0 saturated carbocycles. The number of aromatic nitrogens is 1. The number of fused-ring (bicyclic) bond motifs is 1. The summed E-state index contributed by atoms with van der Waals surface area (Å²) in [6.45, 7) is 0.842. The van der Waals surface area contributed by atoms with Crippen molar-refractivity contribution in [3.05, 3.63) is 71.9 Å². The van der Waals surface area contributed by atoms with Gasteiger partial charge in [-0.25, -0.2) is 0 Å². The second-order valence-corrected chi connectivity index (χ2v) is 4.36. The number of hydrogen-bond acceptors (Lipinski definition) is 1. The van der Waals surface area contributed by atoms with Gasteiger partial charge >= 0.3 is 0 Å². The molecule has 0 unspecified atom stereocenters. The van der Waals surface area contributed by atoms with Crippen LogP contribution in [0.15, 0.2) is 60.8 Å². The summed E-state index contributed by atoms with van der Waals surface area (Å²) >= 11 is 0. The molecule has 0 fully saturated rings. The van der Waals surface area contributed by atoms with Crippen molar-refractivity contribution in [2.45, 2.75) is 6.54 Å². The first-order valence-electron chi connectivity index (χ1n) is 6.01. The molecule has 3 aromatic rings. The summed E-state index contributed by atoms with van der Waals surface area (Å²) in [7, 11) is 0. The van der Waals surface area contributed by atoms with Gasteiger partial charge in [0.25, 0.3) is 0 Å². The van der Waals surface area contributed by atoms with Crippen molar-refractivity contribution in [2.75, 3.05) is 0 Å². The molecule has 1 aromatic heterocycles. The van der Waals surface area contributed by atoms with Crippen LogP contribution in [0.3, 0.4) is 0 Å². The zero-order valence-corrected chi connectivity index (χ0v) is 10.0. The topological polar surface area (TPSA) is 28.8 Å². The summed E-state index contributed by atoms with van der Waals surface area (Å²) < 4.78 is 2.20. The fourth-order valence-corrected chi connectivity index (χ4v) is 2.30. The molecule has 2 heteroatoms. The van der Waals surface area contributed by atoms with Crippen molar-refractivity contribution in [2.24, 2.45) is 0 Å². The lowest BCUT2D eigenvalue weighted by atomic mass is 10.2. The number of benzene rings is 2. The minimum Gasteiger partial charge on any atom is -0.342 e. The maximum atomic E-state index is 7.48. The zero-order chi connectivity index (χ0) is 12.4. The maximum absolute atomic E-state index is 7.48. The molecule has 18 heavy (non-hydrogen) atoms. The van der Waals surface area contributed by atoms with Crippen LogP contribution < -0.4 is 0 Å². The summed E-state index contributed by atoms with van der Waals surface area (Å²) in [6, 6.07) is 18.6. The minimum absolute atomic E-state index is 0.842. The normalized spacial score (nSPS) is 10.7. The van der Waals surface area contributed by atoms with Gasteiger partial charge in [-0.1, -0.05) is 48.5 Å². The summed E-state index contributed by atoms with van der Waals surface area (Å²) in [5, 5.41) is 8.62. The first-order chi connectivity index (χ1) is 8.88. The van der Waals surface area contributed by atoms with Gasteiger partial charge in [-0.3, -0.25) is 0 Å². The third-order valence-electron chi connectivity index (χ3n) is 3.17. The van der Waals surface area contributed by atoms with Gasteiger partial charge in [-0.15, -0.1) is 0 Å². The third kappa shape index (κ3) is 1.82. The smallest absolute Gasteiger partial charge is 0.0490 e. The van der Waals surface area contributed by atoms with E-state index in [1.807, 2.05) is 24.4 Å². The summed E-state index contributed by atoms with van der Waals surface area (Å²) in [5.41, 5.74) is 3.43. The van der Waals surface area contributed by atoms with Crippen LogP contribution in [0.5, 0.6) is 0 Å². The lowest BCUT2D eigenvalue weighted by molar-refractivity contribution is 0.836. The lowest BCUT2D eigenvalue weighted by Crippen LogP contribution is -1.97. The fraction of sp³-hybridized carbons (Fsp3) is 0.0625. The Bertz CT molecular complexity index is 681. The molecule has 0 amide bonds. The molecule has 3 rings (SSSR count). The van der Waals surface area contributed by atoms with Gasteiger partial charge in [-0.05, 0) is 11.6 Å². The Morgan fingerprint density at radius 1 is 0.944 bits per heavy atom. The molecule has 1 heterocycles. The second kappa shape index (κ2) is 4.49. The average molecular weight is 234 g/mol. The van der Waals surface area contributed by atoms with E-state index in [1.165, 1.54) is 17.3 Å². The number of nitrogens with zero attached hydrogens (tertiary/aromatic N) is 1. The van der Waals surface area contributed by atoms with Gasteiger partial charge in [0, 0.05) is 35.4 Å². The summed E-state index contributed by atoms with van der Waals surface area (Å²) in [5.74, 6) is 0. The van der Waals surface area contributed by atoms with Crippen LogP contribution in [0.25, 0.3) is 10.9 Å². The van der Waals surface area contributed by atoms with Gasteiger partial charge in [0.05, 0.1) is 0 Å². The SMILES string of the molecule is N=Cc1cn(Cc2ccccc2)c2ccccc12. The van der Waals surface area contributed by atoms with E-state index in [9.17, 15) is 0 Å². The molecule has 88 valence electrons. The highest BCUT2D eigenvalue weighted by Crippen LogP contribution is 2.20. The molecular formula is C16H14N2. The van der Waals surface area contributed by atoms with E-state index >= 15 is 0 Å². The highest BCUT2D eigenvalue weighted by Gasteiger charge is 2.06. The first-order valence-corrected chi connectivity index (χ1v) is 6.01. The summed E-state index contributed by atoms with van der Waals surface area (Å²) in [6.07, 6.45) is 3.47. The molecule has 0 aliphatic rings. The van der Waals surface area contributed by atoms with E-state index < -0.39 is 0 Å². The second-order valence-electron chi connectivity index (χ2n) is 4.36. The first kappa shape index (κ1) is 10.8. The quantitative estimate of drug-likeness (QED) is 0.670. The van der Waals surface area contributed by atoms with Crippen molar-refractivity contribution < 1.29 is 0 Å². The molecule has 0 radical (unpaired) electrons. The van der Waals surface area contributed by atoms with Crippen LogP contribution in [0.4, 0.5) is 0 Å². The van der Waals surface area contributed by atoms with E-state index in [0.29, 0.717) is 0 Å². The van der Waals surface area contributed by atoms with Crippen molar-refractivity contribution >= 4 is 17.1 Å². The van der Waals surface area contributed by atoms with E-state index in [4.69, 9.17) is 5.41 Å². The predicted molar refractivity (Wildman–Crippen MR) is 75.4 cm³/mol. The van der Waals surface area contributed by atoms with Crippen LogP contribution in [0.2, 0.25) is 0 Å². The van der Waals surface area contributed by atoms with Gasteiger partial charge < -0.3 is 9.98 Å². The Hall–Kier alpha value is -2.35. The fourth-order valence-electron chi connectivity index (χ4n) is 2.30. The maximum Gasteiger partial charge on any atom is 0.0490 e. The zero-order valence-electron chi connectivity index (χ0n) is 10.0. The van der Waals surface area contributed by atoms with Gasteiger partial charge in [0.15, 0.2) is 0 Å². The van der Waals surface area contributed by atoms with Crippen molar-refractivity contribution in [3.63, 3.8) is 0 Å². The van der Waals surface area contributed by atoms with Crippen LogP contribution in [0, 0.1) is 5.41 Å². The van der Waals surface area contributed by atoms with E-state index in [1.54, 1.807) is 0 Å². The standard InChI is InChI=1S/C16H14N2/c17-10-14-12-18(11-13-6-2-1-3-7-13)16-9-5-4-8-15(14)16/h1-10,12,17H,11H2. The number of rotatable bonds is 3. The van der Waals surface area contributed by atoms with Crippen molar-refractivity contribution in [1.29, 1.82) is 5.41 Å². The average Bonchev–Trinajstić information content (AvgIpc) is 2.78. The molecule has 0 aliphatic carbocycles. The summed E-state index contributed by atoms with van der Waals surface area (Å²) in [4.78, 5) is 0. The molecule has 0 spiro atoms. The van der Waals surface area contributed by atoms with Crippen LogP contribution in [-0.4, -0.2) is 10.8 Å². The highest BCUT2D eigenvalue weighted by atomic mass is 15.0. The Labute approximate surface area is 106 Å². The highest BCUT2D eigenvalue weighted by molar-refractivity contribution is 5.98. The molecule has 1 N–H and O–H groups in total. The monoisotopic (exact) mass is 234 g/mol. The molecule has 2 nitrogen and oxygen atoms in total. The largest absolute Gasteiger partial charge is 0.342 e. The lowest BCUT2D eigenvalue weighted by Gasteiger charge is -2.05. The van der Waals surface area contributed by atoms with Crippen LogP contribution in [-0.2, 0) is 6.54 Å². The van der Waals surface area contributed by atoms with Gasteiger partial charge in [-0.2, -0.15) is 0 Å². The Morgan fingerprint density at radius 2 is 1.67 bits per heavy atom. The number of para-hydroxylation sites is 1. The third-order valence-corrected chi connectivity index (χ3v) is 3.17. The molecule has 0 atom stereocenters. The predicted octanol–water partition coefficient (Wildman–Crippen LogP) is 3.69. The number of nitrogens with one attached hydrogen (secondary N) is 1. The van der Waals surface area contributed by atoms with Crippen molar-refractivity contribution in [3.8, 4) is 0 Å². The molecule has 2 aromatic carbocycles. The minimum atomic E-state index is 0.842. The molecule has 0 bridgehead atoms. The van der Waals surface area contributed by atoms with E-state index in [0.717, 1.165) is 17.5 Å². The number of hydrogen-bond donors (Lipinski definition) is 1. The van der Waals surface area contributed by atoms with Crippen molar-refractivity contribution in [1.82, 2.24) is 4.57 Å².